The van der Waals surface area contributed by atoms with Crippen LogP contribution in [0.5, 0.6) is 5.75 Å². The first-order chi connectivity index (χ1) is 6.83. The molecule has 2 heteroatoms. The molecule has 1 aliphatic rings. The largest absolute Gasteiger partial charge is 0.508 e. The van der Waals surface area contributed by atoms with Crippen molar-refractivity contribution in [1.29, 1.82) is 0 Å². The highest BCUT2D eigenvalue weighted by Gasteiger charge is 2.32. The molecule has 0 radical (unpaired) electrons. The van der Waals surface area contributed by atoms with Gasteiger partial charge in [0.15, 0.2) is 0 Å². The summed E-state index contributed by atoms with van der Waals surface area (Å²) in [6.45, 7) is 0.204. The number of phenolic OH excluding ortho intramolecular Hbond substituents is 1. The number of aliphatic hydroxyl groups is 1. The number of rotatable bonds is 4. The Morgan fingerprint density at radius 2 is 2.00 bits per heavy atom. The van der Waals surface area contributed by atoms with E-state index in [2.05, 4.69) is 0 Å². The van der Waals surface area contributed by atoms with Crippen LogP contribution in [-0.4, -0.2) is 16.8 Å². The lowest BCUT2D eigenvalue weighted by Gasteiger charge is -2.16. The highest BCUT2D eigenvalue weighted by Crippen LogP contribution is 2.46. The molecule has 1 fully saturated rings. The van der Waals surface area contributed by atoms with Gasteiger partial charge in [0.25, 0.3) is 0 Å². The fraction of sp³-hybridized carbons (Fsp3) is 0.500. The lowest BCUT2D eigenvalue weighted by Crippen LogP contribution is -2.04. The molecule has 1 aliphatic carbocycles. The zero-order valence-corrected chi connectivity index (χ0v) is 8.19. The van der Waals surface area contributed by atoms with Crippen molar-refractivity contribution >= 4 is 0 Å². The second kappa shape index (κ2) is 4.01. The van der Waals surface area contributed by atoms with Gasteiger partial charge in [0.2, 0.25) is 0 Å². The van der Waals surface area contributed by atoms with Crippen molar-refractivity contribution in [2.45, 2.75) is 25.2 Å². The van der Waals surface area contributed by atoms with Crippen LogP contribution in [0.3, 0.4) is 0 Å². The Bertz CT molecular complexity index is 305. The van der Waals surface area contributed by atoms with E-state index in [1.165, 1.54) is 12.8 Å². The van der Waals surface area contributed by atoms with E-state index in [0.717, 1.165) is 12.0 Å². The first-order valence-electron chi connectivity index (χ1n) is 5.21. The number of aromatic hydroxyl groups is 1. The highest BCUT2D eigenvalue weighted by atomic mass is 16.3. The molecule has 2 rings (SSSR count). The third-order valence-electron chi connectivity index (χ3n) is 2.97. The Morgan fingerprint density at radius 1 is 1.29 bits per heavy atom. The van der Waals surface area contributed by atoms with Crippen LogP contribution in [0.15, 0.2) is 24.3 Å². The van der Waals surface area contributed by atoms with Gasteiger partial charge in [0.05, 0.1) is 0 Å². The fourth-order valence-electron chi connectivity index (χ4n) is 2.08. The first kappa shape index (κ1) is 9.53. The van der Waals surface area contributed by atoms with E-state index in [4.69, 9.17) is 5.11 Å². The Hall–Kier alpha value is -1.02. The van der Waals surface area contributed by atoms with Crippen LogP contribution in [0.25, 0.3) is 0 Å². The maximum Gasteiger partial charge on any atom is 0.119 e. The molecule has 0 spiro atoms. The summed E-state index contributed by atoms with van der Waals surface area (Å²) < 4.78 is 0. The first-order valence-corrected chi connectivity index (χ1v) is 5.21. The van der Waals surface area contributed by atoms with Crippen LogP contribution >= 0.6 is 0 Å². The van der Waals surface area contributed by atoms with Crippen LogP contribution in [0, 0.1) is 5.92 Å². The van der Waals surface area contributed by atoms with Crippen LogP contribution in [-0.2, 0) is 0 Å². The van der Waals surface area contributed by atoms with Crippen molar-refractivity contribution in [1.82, 2.24) is 0 Å². The average Bonchev–Trinajstić information content (AvgIpc) is 2.99. The molecule has 0 bridgehead atoms. The van der Waals surface area contributed by atoms with Gasteiger partial charge in [0, 0.05) is 6.61 Å². The number of hydrogen-bond donors (Lipinski definition) is 2. The zero-order chi connectivity index (χ0) is 9.97. The summed E-state index contributed by atoms with van der Waals surface area (Å²) >= 11 is 0. The molecule has 1 unspecified atom stereocenters. The van der Waals surface area contributed by atoms with Crippen LogP contribution in [0.4, 0.5) is 0 Å². The Balaban J connectivity index is 2.21. The van der Waals surface area contributed by atoms with Gasteiger partial charge in [-0.05, 0) is 42.7 Å². The van der Waals surface area contributed by atoms with Crippen LogP contribution in [0.2, 0.25) is 0 Å². The van der Waals surface area contributed by atoms with E-state index >= 15 is 0 Å². The molecule has 1 saturated carbocycles. The van der Waals surface area contributed by atoms with Gasteiger partial charge in [-0.2, -0.15) is 0 Å². The smallest absolute Gasteiger partial charge is 0.119 e. The van der Waals surface area contributed by atoms with Gasteiger partial charge in [-0.15, -0.1) is 0 Å². The summed E-state index contributed by atoms with van der Waals surface area (Å²) in [5.74, 6) is 1.40. The monoisotopic (exact) mass is 192 g/mol. The van der Waals surface area contributed by atoms with Crippen molar-refractivity contribution in [3.05, 3.63) is 29.8 Å². The molecular weight excluding hydrogens is 176 g/mol. The summed E-state index contributed by atoms with van der Waals surface area (Å²) in [6, 6.07) is 7.47. The Morgan fingerprint density at radius 3 is 2.57 bits per heavy atom. The van der Waals surface area contributed by atoms with Gasteiger partial charge in [0.1, 0.15) is 5.75 Å². The van der Waals surface area contributed by atoms with Gasteiger partial charge in [-0.25, -0.2) is 0 Å². The number of para-hydroxylation sites is 1. The van der Waals surface area contributed by atoms with E-state index in [1.807, 2.05) is 18.2 Å². The second-order valence-electron chi connectivity index (χ2n) is 4.02. The molecule has 1 aromatic rings. The highest BCUT2D eigenvalue weighted by molar-refractivity contribution is 5.35. The minimum atomic E-state index is 0.204. The summed E-state index contributed by atoms with van der Waals surface area (Å²) in [5.41, 5.74) is 1.00. The maximum absolute atomic E-state index is 9.70. The van der Waals surface area contributed by atoms with Gasteiger partial charge in [-0.1, -0.05) is 18.2 Å². The van der Waals surface area contributed by atoms with Crippen molar-refractivity contribution in [2.75, 3.05) is 6.61 Å². The summed E-state index contributed by atoms with van der Waals surface area (Å²) in [6.07, 6.45) is 3.24. The second-order valence-corrected chi connectivity index (χ2v) is 4.02. The van der Waals surface area contributed by atoms with Crippen molar-refractivity contribution < 1.29 is 10.2 Å². The molecule has 1 atom stereocenters. The molecule has 0 aliphatic heterocycles. The van der Waals surface area contributed by atoms with Gasteiger partial charge >= 0.3 is 0 Å². The molecule has 14 heavy (non-hydrogen) atoms. The van der Waals surface area contributed by atoms with Gasteiger partial charge < -0.3 is 10.2 Å². The standard InChI is InChI=1S/C12H16O2/c13-8-7-10(9-5-6-9)11-3-1-2-4-12(11)14/h1-4,9-10,13-14H,5-8H2. The quantitative estimate of drug-likeness (QED) is 0.768. The number of benzene rings is 1. The molecule has 0 aromatic heterocycles. The number of phenols is 1. The van der Waals surface area contributed by atoms with Gasteiger partial charge in [-0.3, -0.25) is 0 Å². The maximum atomic E-state index is 9.70. The van der Waals surface area contributed by atoms with E-state index in [1.54, 1.807) is 6.07 Å². The van der Waals surface area contributed by atoms with Crippen LogP contribution in [0.1, 0.15) is 30.7 Å². The number of aliphatic hydroxyl groups excluding tert-OH is 1. The lowest BCUT2D eigenvalue weighted by molar-refractivity contribution is 0.268. The summed E-state index contributed by atoms with van der Waals surface area (Å²) in [5, 5.41) is 18.7. The lowest BCUT2D eigenvalue weighted by atomic mass is 9.91. The predicted octanol–water partition coefficient (Wildman–Crippen LogP) is 2.27. The van der Waals surface area contributed by atoms with Crippen molar-refractivity contribution in [2.24, 2.45) is 5.92 Å². The van der Waals surface area contributed by atoms with E-state index in [-0.39, 0.29) is 6.61 Å². The minimum absolute atomic E-state index is 0.204. The minimum Gasteiger partial charge on any atom is -0.508 e. The van der Waals surface area contributed by atoms with Crippen molar-refractivity contribution in [3.63, 3.8) is 0 Å². The summed E-state index contributed by atoms with van der Waals surface area (Å²) in [4.78, 5) is 0. The topological polar surface area (TPSA) is 40.5 Å². The third kappa shape index (κ3) is 1.90. The van der Waals surface area contributed by atoms with Crippen LogP contribution < -0.4 is 0 Å². The average molecular weight is 192 g/mol. The van der Waals surface area contributed by atoms with E-state index < -0.39 is 0 Å². The molecule has 0 amide bonds. The van der Waals surface area contributed by atoms with E-state index in [9.17, 15) is 5.11 Å². The molecule has 2 N–H and O–H groups in total. The van der Waals surface area contributed by atoms with E-state index in [0.29, 0.717) is 17.6 Å². The molecule has 0 saturated heterocycles. The normalized spacial score (nSPS) is 18.1. The zero-order valence-electron chi connectivity index (χ0n) is 8.19. The predicted molar refractivity (Wildman–Crippen MR) is 55.3 cm³/mol. The number of hydrogen-bond acceptors (Lipinski definition) is 2. The molecular formula is C12H16O2. The summed E-state index contributed by atoms with van der Waals surface area (Å²) in [7, 11) is 0. The third-order valence-corrected chi connectivity index (χ3v) is 2.97. The molecule has 1 aromatic carbocycles. The molecule has 0 heterocycles. The SMILES string of the molecule is OCCC(c1ccccc1O)C1CC1. The Labute approximate surface area is 84.2 Å². The fourth-order valence-corrected chi connectivity index (χ4v) is 2.08. The molecule has 76 valence electrons. The Kier molecular flexibility index (Phi) is 2.73. The molecule has 2 nitrogen and oxygen atoms in total. The van der Waals surface area contributed by atoms with Crippen molar-refractivity contribution in [3.8, 4) is 5.75 Å².